The third kappa shape index (κ3) is 6.31. The van der Waals surface area contributed by atoms with Crippen molar-refractivity contribution in [2.45, 2.75) is 104 Å². The molecule has 3 aliphatic rings. The second kappa shape index (κ2) is 14.5. The zero-order valence-electron chi connectivity index (χ0n) is 41.6. The molecule has 13 rings (SSSR count). The van der Waals surface area contributed by atoms with Crippen LogP contribution in [0.1, 0.15) is 104 Å². The molecule has 0 fully saturated rings. The molecule has 3 nitrogen and oxygen atoms in total. The lowest BCUT2D eigenvalue weighted by atomic mass is 9.43. The molecular weight excluding hydrogens is 856 g/mol. The Bertz CT molecular complexity index is 3760. The summed E-state index contributed by atoms with van der Waals surface area (Å²) in [5.74, 6) is 0. The molecule has 0 radical (unpaired) electrons. The molecule has 2 aromatic heterocycles. The average Bonchev–Trinajstić information content (AvgIpc) is 3.89. The van der Waals surface area contributed by atoms with Gasteiger partial charge in [-0.15, -0.1) is 11.3 Å². The van der Waals surface area contributed by atoms with Gasteiger partial charge in [-0.2, -0.15) is 0 Å². The lowest BCUT2D eigenvalue weighted by molar-refractivity contribution is 0.332. The van der Waals surface area contributed by atoms with Gasteiger partial charge < -0.3 is 14.1 Å². The van der Waals surface area contributed by atoms with Crippen LogP contribution in [0.4, 0.5) is 28.4 Å². The molecule has 0 unspecified atom stereocenters. The van der Waals surface area contributed by atoms with Crippen LogP contribution in [-0.2, 0) is 21.7 Å². The highest BCUT2D eigenvalue weighted by Gasteiger charge is 2.49. The Labute approximate surface area is 411 Å². The first-order valence-electron chi connectivity index (χ1n) is 25.0. The highest BCUT2D eigenvalue weighted by molar-refractivity contribution is 7.26. The van der Waals surface area contributed by atoms with Crippen LogP contribution in [0.2, 0.25) is 0 Å². The maximum absolute atomic E-state index is 6.90. The number of anilines is 5. The standard InChI is InChI=1S/C64H59BN2OS/c1-61(2,3)39-24-27-41(28-25-39)67-52-36-49-48(63(7,8)30-31-64(49,9)10)33-47(52)58-59-54(35-46-43-21-15-17-23-57(43)69-60(46)58)66(51-29-26-40(62(4,5)6)32-44(51)38-18-12-11-13-19-38)53-34-45-42-20-14-16-22-55(42)68-56(45)37-50(53)65(59)67/h11-29,32-37H,30-31H2,1-10H3. The number of thiophene rings is 1. The van der Waals surface area contributed by atoms with Crippen molar-refractivity contribution in [2.75, 3.05) is 9.71 Å². The van der Waals surface area contributed by atoms with E-state index in [4.69, 9.17) is 4.42 Å². The van der Waals surface area contributed by atoms with Crippen LogP contribution in [-0.4, -0.2) is 6.85 Å². The minimum atomic E-state index is -0.173. The fourth-order valence-electron chi connectivity index (χ4n) is 12.2. The number of rotatable bonds is 3. The summed E-state index contributed by atoms with van der Waals surface area (Å²) < 4.78 is 9.57. The van der Waals surface area contributed by atoms with Gasteiger partial charge in [-0.1, -0.05) is 154 Å². The van der Waals surface area contributed by atoms with Crippen molar-refractivity contribution in [2.24, 2.45) is 0 Å². The van der Waals surface area contributed by atoms with Gasteiger partial charge in [0, 0.05) is 70.4 Å². The second-order valence-electron chi connectivity index (χ2n) is 23.6. The minimum Gasteiger partial charge on any atom is -0.456 e. The molecule has 0 N–H and O–H groups in total. The molecule has 10 aromatic rings. The predicted molar refractivity (Wildman–Crippen MR) is 298 cm³/mol. The maximum atomic E-state index is 6.90. The van der Waals surface area contributed by atoms with Gasteiger partial charge in [-0.25, -0.2) is 0 Å². The minimum absolute atomic E-state index is 0.0173. The highest BCUT2D eigenvalue weighted by Crippen LogP contribution is 2.57. The van der Waals surface area contributed by atoms with Crippen LogP contribution in [0.3, 0.4) is 0 Å². The summed E-state index contributed by atoms with van der Waals surface area (Å²) in [5, 5.41) is 4.88. The third-order valence-electron chi connectivity index (χ3n) is 16.2. The summed E-state index contributed by atoms with van der Waals surface area (Å²) in [6, 6.07) is 58.1. The van der Waals surface area contributed by atoms with Gasteiger partial charge >= 0.3 is 6.85 Å². The summed E-state index contributed by atoms with van der Waals surface area (Å²) in [6.07, 6.45) is 2.30. The molecule has 0 spiro atoms. The molecule has 4 heterocycles. The van der Waals surface area contributed by atoms with Crippen LogP contribution in [0.25, 0.3) is 64.4 Å². The van der Waals surface area contributed by atoms with Crippen molar-refractivity contribution in [1.82, 2.24) is 0 Å². The quantitative estimate of drug-likeness (QED) is 0.165. The first kappa shape index (κ1) is 42.5. The van der Waals surface area contributed by atoms with E-state index in [-0.39, 0.29) is 28.5 Å². The Hall–Kier alpha value is -6.56. The summed E-state index contributed by atoms with van der Waals surface area (Å²) in [5.41, 5.74) is 21.2. The van der Waals surface area contributed by atoms with E-state index in [1.165, 1.54) is 104 Å². The zero-order chi connectivity index (χ0) is 47.5. The fraction of sp³-hybridized carbons (Fsp3) is 0.250. The molecule has 8 aromatic carbocycles. The lowest BCUT2D eigenvalue weighted by Crippen LogP contribution is -2.61. The van der Waals surface area contributed by atoms with Crippen molar-refractivity contribution >= 4 is 99.7 Å². The number of fused-ring (bicyclic) bond motifs is 12. The Morgan fingerprint density at radius 3 is 1.88 bits per heavy atom. The molecule has 340 valence electrons. The number of nitrogens with zero attached hydrogens (tertiary/aromatic N) is 2. The van der Waals surface area contributed by atoms with Gasteiger partial charge in [0.25, 0.3) is 0 Å². The lowest BCUT2D eigenvalue weighted by Gasteiger charge is -2.48. The Kier molecular flexibility index (Phi) is 8.94. The molecule has 0 saturated carbocycles. The van der Waals surface area contributed by atoms with Gasteiger partial charge in [0.1, 0.15) is 11.2 Å². The zero-order valence-corrected chi connectivity index (χ0v) is 42.5. The normalized spacial score (nSPS) is 16.0. The predicted octanol–water partition coefficient (Wildman–Crippen LogP) is 17.3. The molecule has 2 aliphatic heterocycles. The number of benzene rings is 8. The van der Waals surface area contributed by atoms with Gasteiger partial charge in [0.2, 0.25) is 0 Å². The van der Waals surface area contributed by atoms with Crippen LogP contribution >= 0.6 is 11.3 Å². The monoisotopic (exact) mass is 914 g/mol. The van der Waals surface area contributed by atoms with Crippen LogP contribution in [0, 0.1) is 0 Å². The van der Waals surface area contributed by atoms with E-state index in [1.54, 1.807) is 0 Å². The van der Waals surface area contributed by atoms with Gasteiger partial charge in [0.15, 0.2) is 0 Å². The third-order valence-corrected chi connectivity index (χ3v) is 17.4. The van der Waals surface area contributed by atoms with E-state index in [1.807, 2.05) is 11.3 Å². The summed E-state index contributed by atoms with van der Waals surface area (Å²) in [6.45, 7) is 23.6. The summed E-state index contributed by atoms with van der Waals surface area (Å²) >= 11 is 1.96. The number of hydrogen-bond acceptors (Lipinski definition) is 4. The van der Waals surface area contributed by atoms with Gasteiger partial charge in [0.05, 0.1) is 5.69 Å². The topological polar surface area (TPSA) is 19.6 Å². The Morgan fingerprint density at radius 2 is 1.16 bits per heavy atom. The van der Waals surface area contributed by atoms with Crippen LogP contribution < -0.4 is 20.6 Å². The second-order valence-corrected chi connectivity index (χ2v) is 24.7. The first-order chi connectivity index (χ1) is 33.0. The van der Waals surface area contributed by atoms with E-state index in [0.717, 1.165) is 34.8 Å². The molecule has 0 saturated heterocycles. The van der Waals surface area contributed by atoms with Crippen molar-refractivity contribution in [3.8, 4) is 22.3 Å². The molecule has 0 bridgehead atoms. The molecule has 0 atom stereocenters. The van der Waals surface area contributed by atoms with Crippen molar-refractivity contribution < 1.29 is 4.42 Å². The maximum Gasteiger partial charge on any atom is 0.333 e. The van der Waals surface area contributed by atoms with Crippen molar-refractivity contribution in [1.29, 1.82) is 0 Å². The molecular formula is C64H59BN2OS. The average molecular weight is 915 g/mol. The molecule has 69 heavy (non-hydrogen) atoms. The fourth-order valence-corrected chi connectivity index (χ4v) is 13.4. The Balaban J connectivity index is 1.23. The van der Waals surface area contributed by atoms with Crippen LogP contribution in [0.5, 0.6) is 0 Å². The first-order valence-corrected chi connectivity index (χ1v) is 25.8. The van der Waals surface area contributed by atoms with E-state index in [2.05, 4.69) is 231 Å². The van der Waals surface area contributed by atoms with E-state index in [0.29, 0.717) is 0 Å². The van der Waals surface area contributed by atoms with E-state index >= 15 is 0 Å². The van der Waals surface area contributed by atoms with E-state index in [9.17, 15) is 0 Å². The molecule has 0 amide bonds. The van der Waals surface area contributed by atoms with Crippen molar-refractivity contribution in [3.63, 3.8) is 0 Å². The number of furan rings is 1. The molecule has 5 heteroatoms. The summed E-state index contributed by atoms with van der Waals surface area (Å²) in [4.78, 5) is 5.36. The van der Waals surface area contributed by atoms with E-state index < -0.39 is 0 Å². The largest absolute Gasteiger partial charge is 0.456 e. The molecule has 1 aliphatic carbocycles. The SMILES string of the molecule is CC(C)(C)c1ccc(N2B3c4cc5oc6ccccc6c5cc4N(c4ccc(C(C)(C)C)cc4-c4ccccc4)c4cc5c(sc6ccccc65)c(c43)-c3cc4c(cc32)C(C)(C)CCC4(C)C)cc1. The van der Waals surface area contributed by atoms with Crippen LogP contribution in [0.15, 0.2) is 156 Å². The number of hydrogen-bond donors (Lipinski definition) is 0. The van der Waals surface area contributed by atoms with Gasteiger partial charge in [-0.05, 0) is 140 Å². The summed E-state index contributed by atoms with van der Waals surface area (Å²) in [7, 11) is 0. The van der Waals surface area contributed by atoms with Crippen molar-refractivity contribution in [3.05, 3.63) is 174 Å². The number of para-hydroxylation sites is 1. The Morgan fingerprint density at radius 1 is 0.522 bits per heavy atom. The van der Waals surface area contributed by atoms with Gasteiger partial charge in [-0.3, -0.25) is 0 Å². The highest BCUT2D eigenvalue weighted by atomic mass is 32.1. The smallest absolute Gasteiger partial charge is 0.333 e.